The van der Waals surface area contributed by atoms with E-state index in [1.165, 1.54) is 0 Å². The molecule has 3 nitrogen and oxygen atoms in total. The number of phenols is 2. The number of aromatic hydroxyl groups is 2. The first kappa shape index (κ1) is 9.58. The second-order valence-electron chi connectivity index (χ2n) is 2.05. The molecule has 0 bridgehead atoms. The molecule has 0 saturated carbocycles. The van der Waals surface area contributed by atoms with E-state index in [-0.39, 0.29) is 20.8 Å². The van der Waals surface area contributed by atoms with Gasteiger partial charge in [0.15, 0.2) is 11.5 Å². The predicted molar refractivity (Wildman–Crippen MR) is 49.2 cm³/mol. The van der Waals surface area contributed by atoms with Crippen molar-refractivity contribution in [2.45, 2.75) is 0 Å². The molecule has 0 aromatic heterocycles. The molecule has 1 rings (SSSR count). The lowest BCUT2D eigenvalue weighted by Gasteiger charge is -2.07. The first-order valence-corrected chi connectivity index (χ1v) is 3.94. The molecule has 12 heavy (non-hydrogen) atoms. The second kappa shape index (κ2) is 3.09. The molecule has 1 aromatic carbocycles. The SMILES string of the molecule is Nc1c(O)c(O)c(Cl)c(Cl)c1Cl. The second-order valence-corrected chi connectivity index (χ2v) is 3.19. The molecule has 0 heterocycles. The molecule has 0 aliphatic rings. The first-order chi connectivity index (χ1) is 5.46. The van der Waals surface area contributed by atoms with E-state index in [4.69, 9.17) is 50.7 Å². The van der Waals surface area contributed by atoms with E-state index in [1.54, 1.807) is 0 Å². The summed E-state index contributed by atoms with van der Waals surface area (Å²) in [5.41, 5.74) is 5.08. The summed E-state index contributed by atoms with van der Waals surface area (Å²) in [4.78, 5) is 0. The smallest absolute Gasteiger partial charge is 0.184 e. The summed E-state index contributed by atoms with van der Waals surface area (Å²) in [6, 6.07) is 0. The highest BCUT2D eigenvalue weighted by molar-refractivity contribution is 6.50. The number of nitrogens with two attached hydrogens (primary N) is 1. The van der Waals surface area contributed by atoms with Crippen molar-refractivity contribution >= 4 is 40.5 Å². The number of anilines is 1. The van der Waals surface area contributed by atoms with Gasteiger partial charge in [-0.05, 0) is 0 Å². The van der Waals surface area contributed by atoms with E-state index in [0.717, 1.165) is 0 Å². The van der Waals surface area contributed by atoms with Crippen LogP contribution < -0.4 is 5.73 Å². The van der Waals surface area contributed by atoms with Gasteiger partial charge in [0, 0.05) is 0 Å². The number of nitrogen functional groups attached to an aromatic ring is 1. The Morgan fingerprint density at radius 3 is 1.83 bits per heavy atom. The number of hydrogen-bond donors (Lipinski definition) is 3. The topological polar surface area (TPSA) is 66.5 Å². The van der Waals surface area contributed by atoms with Crippen LogP contribution in [-0.2, 0) is 0 Å². The van der Waals surface area contributed by atoms with Gasteiger partial charge in [-0.15, -0.1) is 0 Å². The van der Waals surface area contributed by atoms with Crippen LogP contribution in [0.4, 0.5) is 5.69 Å². The van der Waals surface area contributed by atoms with Gasteiger partial charge in [0.25, 0.3) is 0 Å². The number of benzene rings is 1. The van der Waals surface area contributed by atoms with Crippen molar-refractivity contribution in [3.8, 4) is 11.5 Å². The highest BCUT2D eigenvalue weighted by atomic mass is 35.5. The molecular weight excluding hydrogens is 224 g/mol. The normalized spacial score (nSPS) is 10.2. The zero-order chi connectivity index (χ0) is 9.46. The lowest BCUT2D eigenvalue weighted by Crippen LogP contribution is -1.89. The van der Waals surface area contributed by atoms with E-state index in [9.17, 15) is 0 Å². The van der Waals surface area contributed by atoms with Gasteiger partial charge >= 0.3 is 0 Å². The maximum atomic E-state index is 9.09. The first-order valence-electron chi connectivity index (χ1n) is 2.80. The molecule has 0 radical (unpaired) electrons. The summed E-state index contributed by atoms with van der Waals surface area (Å²) in [6.45, 7) is 0. The van der Waals surface area contributed by atoms with Crippen LogP contribution in [-0.4, -0.2) is 10.2 Å². The van der Waals surface area contributed by atoms with Crippen LogP contribution in [0.5, 0.6) is 11.5 Å². The summed E-state index contributed by atoms with van der Waals surface area (Å²) >= 11 is 16.6. The Labute approximate surface area is 83.3 Å². The maximum Gasteiger partial charge on any atom is 0.184 e. The third-order valence-corrected chi connectivity index (χ3v) is 2.64. The lowest BCUT2D eigenvalue weighted by atomic mass is 10.2. The molecule has 0 fully saturated rings. The summed E-state index contributed by atoms with van der Waals surface area (Å²) in [5, 5.41) is 17.8. The predicted octanol–water partition coefficient (Wildman–Crippen LogP) is 2.64. The van der Waals surface area contributed by atoms with Gasteiger partial charge in [0.05, 0.1) is 15.7 Å². The van der Waals surface area contributed by atoms with Crippen molar-refractivity contribution in [2.24, 2.45) is 0 Å². The molecular formula is C6H4Cl3NO2. The molecule has 0 aliphatic heterocycles. The number of phenolic OH excluding ortho intramolecular Hbond substituents is 2. The molecule has 0 atom stereocenters. The van der Waals surface area contributed by atoms with Gasteiger partial charge in [-0.25, -0.2) is 0 Å². The Hall–Kier alpha value is -0.510. The van der Waals surface area contributed by atoms with Gasteiger partial charge in [0.2, 0.25) is 0 Å². The van der Waals surface area contributed by atoms with Crippen LogP contribution in [0.3, 0.4) is 0 Å². The Morgan fingerprint density at radius 1 is 0.833 bits per heavy atom. The molecule has 0 saturated heterocycles. The molecule has 0 amide bonds. The molecule has 0 spiro atoms. The van der Waals surface area contributed by atoms with Crippen molar-refractivity contribution < 1.29 is 10.2 Å². The maximum absolute atomic E-state index is 9.09. The van der Waals surface area contributed by atoms with Gasteiger partial charge in [-0.1, -0.05) is 34.8 Å². The Morgan fingerprint density at radius 2 is 1.33 bits per heavy atom. The average Bonchev–Trinajstić information content (AvgIpc) is 2.08. The molecule has 1 aromatic rings. The Balaban J connectivity index is 3.60. The lowest BCUT2D eigenvalue weighted by molar-refractivity contribution is 0.406. The summed E-state index contributed by atoms with van der Waals surface area (Å²) in [7, 11) is 0. The summed E-state index contributed by atoms with van der Waals surface area (Å²) in [6.07, 6.45) is 0. The van der Waals surface area contributed by atoms with Crippen LogP contribution >= 0.6 is 34.8 Å². The highest BCUT2D eigenvalue weighted by Crippen LogP contribution is 2.47. The third-order valence-electron chi connectivity index (χ3n) is 1.31. The number of rotatable bonds is 0. The monoisotopic (exact) mass is 227 g/mol. The van der Waals surface area contributed by atoms with Crippen molar-refractivity contribution in [1.82, 2.24) is 0 Å². The standard InChI is InChI=1S/C6H4Cl3NO2/c7-1-2(8)4(10)6(12)5(11)3(1)9/h11-12H,10H2. The van der Waals surface area contributed by atoms with Crippen LogP contribution in [0.15, 0.2) is 0 Å². The fourth-order valence-electron chi connectivity index (χ4n) is 0.654. The van der Waals surface area contributed by atoms with Crippen molar-refractivity contribution in [3.05, 3.63) is 15.1 Å². The average molecular weight is 228 g/mol. The quantitative estimate of drug-likeness (QED) is 0.363. The Bertz CT molecular complexity index is 235. The summed E-state index contributed by atoms with van der Waals surface area (Å²) in [5.74, 6) is -1.13. The van der Waals surface area contributed by atoms with E-state index in [2.05, 4.69) is 0 Å². The fourth-order valence-corrected chi connectivity index (χ4v) is 1.26. The fraction of sp³-hybridized carbons (Fsp3) is 0. The molecule has 66 valence electrons. The van der Waals surface area contributed by atoms with Crippen molar-refractivity contribution in [3.63, 3.8) is 0 Å². The van der Waals surface area contributed by atoms with Crippen LogP contribution in [0.25, 0.3) is 0 Å². The van der Waals surface area contributed by atoms with Gasteiger partial charge < -0.3 is 15.9 Å². The molecule has 0 unspecified atom stereocenters. The van der Waals surface area contributed by atoms with Crippen molar-refractivity contribution in [1.29, 1.82) is 0 Å². The minimum atomic E-state index is -0.566. The van der Waals surface area contributed by atoms with Crippen LogP contribution in [0.1, 0.15) is 0 Å². The van der Waals surface area contributed by atoms with Crippen LogP contribution in [0, 0.1) is 0 Å². The molecule has 6 heteroatoms. The molecule has 0 aliphatic carbocycles. The molecule has 4 N–H and O–H groups in total. The largest absolute Gasteiger partial charge is 0.503 e. The van der Waals surface area contributed by atoms with Gasteiger partial charge in [-0.2, -0.15) is 0 Å². The van der Waals surface area contributed by atoms with Gasteiger partial charge in [-0.3, -0.25) is 0 Å². The van der Waals surface area contributed by atoms with Crippen LogP contribution in [0.2, 0.25) is 15.1 Å². The summed E-state index contributed by atoms with van der Waals surface area (Å²) < 4.78 is 0. The highest BCUT2D eigenvalue weighted by Gasteiger charge is 2.18. The Kier molecular flexibility index (Phi) is 2.46. The zero-order valence-electron chi connectivity index (χ0n) is 5.61. The number of hydrogen-bond acceptors (Lipinski definition) is 3. The van der Waals surface area contributed by atoms with E-state index < -0.39 is 11.5 Å². The van der Waals surface area contributed by atoms with E-state index in [0.29, 0.717) is 0 Å². The zero-order valence-corrected chi connectivity index (χ0v) is 7.87. The minimum Gasteiger partial charge on any atom is -0.503 e. The third kappa shape index (κ3) is 1.24. The van der Waals surface area contributed by atoms with Crippen molar-refractivity contribution in [2.75, 3.05) is 5.73 Å². The van der Waals surface area contributed by atoms with E-state index in [1.807, 2.05) is 0 Å². The van der Waals surface area contributed by atoms with E-state index >= 15 is 0 Å². The van der Waals surface area contributed by atoms with Gasteiger partial charge in [0.1, 0.15) is 5.02 Å². The number of halogens is 3. The minimum absolute atomic E-state index is 0.0723.